The van der Waals surface area contributed by atoms with Gasteiger partial charge in [-0.2, -0.15) is 0 Å². The summed E-state index contributed by atoms with van der Waals surface area (Å²) in [4.78, 5) is 17.8. The summed E-state index contributed by atoms with van der Waals surface area (Å²) in [6.45, 7) is 3.22. The van der Waals surface area contributed by atoms with E-state index >= 15 is 0 Å². The highest BCUT2D eigenvalue weighted by Crippen LogP contribution is 2.31. The molecule has 1 saturated heterocycles. The van der Waals surface area contributed by atoms with Crippen LogP contribution < -0.4 is 5.73 Å². The van der Waals surface area contributed by atoms with Gasteiger partial charge >= 0.3 is 0 Å². The molecule has 1 aromatic heterocycles. The standard InChI is InChI=1S/C23H26N4O2/c1-26-10-12-27(13-11-26)23(28)19(16-5-3-2-4-6-16)15-20-17-9-14-29-21(17)8-7-18(20)22(24)25/h2-9,14,19H,10-13,15H2,1H3,(H3,24,25). The van der Waals surface area contributed by atoms with Gasteiger partial charge in [0.25, 0.3) is 0 Å². The highest BCUT2D eigenvalue weighted by atomic mass is 16.3. The molecule has 6 heteroatoms. The van der Waals surface area contributed by atoms with Crippen molar-refractivity contribution in [3.63, 3.8) is 0 Å². The Hall–Kier alpha value is -3.12. The van der Waals surface area contributed by atoms with Crippen LogP contribution in [0.25, 0.3) is 11.0 Å². The van der Waals surface area contributed by atoms with Gasteiger partial charge < -0.3 is 20.0 Å². The third-order valence-electron chi connectivity index (χ3n) is 5.76. The molecule has 1 atom stereocenters. The zero-order valence-electron chi connectivity index (χ0n) is 16.6. The fourth-order valence-electron chi connectivity index (χ4n) is 4.06. The summed E-state index contributed by atoms with van der Waals surface area (Å²) in [7, 11) is 2.08. The van der Waals surface area contributed by atoms with Gasteiger partial charge in [0.05, 0.1) is 12.2 Å². The second kappa shape index (κ2) is 8.09. The maximum atomic E-state index is 13.6. The fourth-order valence-corrected chi connectivity index (χ4v) is 4.06. The van der Waals surface area contributed by atoms with E-state index in [9.17, 15) is 4.79 Å². The minimum atomic E-state index is -0.335. The second-order valence-corrected chi connectivity index (χ2v) is 7.63. The van der Waals surface area contributed by atoms with Crippen molar-refractivity contribution < 1.29 is 9.21 Å². The highest BCUT2D eigenvalue weighted by molar-refractivity contribution is 6.01. The number of piperazine rings is 1. The Balaban J connectivity index is 1.74. The van der Waals surface area contributed by atoms with Crippen LogP contribution in [-0.2, 0) is 11.2 Å². The van der Waals surface area contributed by atoms with Gasteiger partial charge in [0, 0.05) is 37.1 Å². The molecule has 1 amide bonds. The molecule has 0 aliphatic carbocycles. The molecule has 1 unspecified atom stereocenters. The maximum absolute atomic E-state index is 13.6. The molecule has 150 valence electrons. The van der Waals surface area contributed by atoms with Crippen LogP contribution in [0, 0.1) is 5.41 Å². The quantitative estimate of drug-likeness (QED) is 0.518. The summed E-state index contributed by atoms with van der Waals surface area (Å²) in [5.74, 6) is -0.209. The lowest BCUT2D eigenvalue weighted by molar-refractivity contribution is -0.134. The predicted octanol–water partition coefficient (Wildman–Crippen LogP) is 2.82. The Kier molecular flexibility index (Phi) is 5.36. The Bertz CT molecular complexity index is 1020. The number of nitrogens with zero attached hydrogens (tertiary/aromatic N) is 2. The van der Waals surface area contributed by atoms with Crippen molar-refractivity contribution >= 4 is 22.7 Å². The Labute approximate surface area is 170 Å². The van der Waals surface area contributed by atoms with Crippen LogP contribution in [0.5, 0.6) is 0 Å². The molecule has 2 aromatic carbocycles. The average Bonchev–Trinajstić information content (AvgIpc) is 3.21. The molecule has 1 aliphatic rings. The van der Waals surface area contributed by atoms with Gasteiger partial charge in [-0.3, -0.25) is 10.2 Å². The van der Waals surface area contributed by atoms with Crippen LogP contribution in [0.15, 0.2) is 59.2 Å². The van der Waals surface area contributed by atoms with Gasteiger partial charge in [0.15, 0.2) is 0 Å². The van der Waals surface area contributed by atoms with Crippen molar-refractivity contribution in [2.75, 3.05) is 33.2 Å². The average molecular weight is 390 g/mol. The number of fused-ring (bicyclic) bond motifs is 1. The van der Waals surface area contributed by atoms with Crippen LogP contribution in [-0.4, -0.2) is 54.8 Å². The van der Waals surface area contributed by atoms with Crippen LogP contribution in [0.4, 0.5) is 0 Å². The predicted molar refractivity (Wildman–Crippen MR) is 114 cm³/mol. The summed E-state index contributed by atoms with van der Waals surface area (Å²) < 4.78 is 5.56. The zero-order chi connectivity index (χ0) is 20.4. The molecule has 0 spiro atoms. The van der Waals surface area contributed by atoms with E-state index < -0.39 is 0 Å². The van der Waals surface area contributed by atoms with E-state index in [1.807, 2.05) is 53.4 Å². The van der Waals surface area contributed by atoms with Crippen LogP contribution >= 0.6 is 0 Å². The molecule has 1 aliphatic heterocycles. The Morgan fingerprint density at radius 1 is 1.10 bits per heavy atom. The molecular weight excluding hydrogens is 364 g/mol. The number of furan rings is 1. The topological polar surface area (TPSA) is 86.6 Å². The molecule has 0 saturated carbocycles. The van der Waals surface area contributed by atoms with E-state index in [0.29, 0.717) is 12.0 Å². The molecule has 2 heterocycles. The first-order valence-corrected chi connectivity index (χ1v) is 9.90. The molecule has 0 radical (unpaired) electrons. The number of carbonyl (C=O) groups is 1. The number of hydrogen-bond acceptors (Lipinski definition) is 4. The van der Waals surface area contributed by atoms with Gasteiger partial charge in [0.1, 0.15) is 11.4 Å². The number of nitrogen functional groups attached to an aromatic ring is 1. The number of rotatable bonds is 5. The van der Waals surface area contributed by atoms with Crippen molar-refractivity contribution in [1.29, 1.82) is 5.41 Å². The first-order valence-electron chi connectivity index (χ1n) is 9.90. The lowest BCUT2D eigenvalue weighted by atomic mass is 9.87. The Morgan fingerprint density at radius 3 is 2.52 bits per heavy atom. The van der Waals surface area contributed by atoms with E-state index in [0.717, 1.165) is 48.3 Å². The smallest absolute Gasteiger partial charge is 0.230 e. The number of amides is 1. The molecule has 1 fully saturated rings. The summed E-state index contributed by atoms with van der Waals surface area (Å²) in [5.41, 5.74) is 9.14. The van der Waals surface area contributed by atoms with Crippen molar-refractivity contribution in [3.05, 3.63) is 71.5 Å². The normalized spacial score (nSPS) is 16.1. The maximum Gasteiger partial charge on any atom is 0.230 e. The highest BCUT2D eigenvalue weighted by Gasteiger charge is 2.29. The van der Waals surface area contributed by atoms with Gasteiger partial charge in [-0.25, -0.2) is 0 Å². The van der Waals surface area contributed by atoms with Crippen LogP contribution in [0.2, 0.25) is 0 Å². The van der Waals surface area contributed by atoms with Crippen LogP contribution in [0.1, 0.15) is 22.6 Å². The number of hydrogen-bond donors (Lipinski definition) is 2. The number of likely N-dealkylation sites (N-methyl/N-ethyl adjacent to an activating group) is 1. The lowest BCUT2D eigenvalue weighted by Gasteiger charge is -2.35. The van der Waals surface area contributed by atoms with E-state index in [-0.39, 0.29) is 17.7 Å². The van der Waals surface area contributed by atoms with Crippen molar-refractivity contribution in [3.8, 4) is 0 Å². The largest absolute Gasteiger partial charge is 0.464 e. The number of benzene rings is 2. The molecule has 3 N–H and O–H groups in total. The van der Waals surface area contributed by atoms with Crippen LogP contribution in [0.3, 0.4) is 0 Å². The molecule has 3 aromatic rings. The van der Waals surface area contributed by atoms with E-state index in [2.05, 4.69) is 11.9 Å². The molecule has 29 heavy (non-hydrogen) atoms. The fraction of sp³-hybridized carbons (Fsp3) is 0.304. The van der Waals surface area contributed by atoms with Crippen molar-refractivity contribution in [1.82, 2.24) is 9.80 Å². The number of nitrogens with one attached hydrogen (secondary N) is 1. The SMILES string of the molecule is CN1CCN(C(=O)C(Cc2c(C(=N)N)ccc3occc23)c2ccccc2)CC1. The Morgan fingerprint density at radius 2 is 1.83 bits per heavy atom. The van der Waals surface area contributed by atoms with Gasteiger partial charge in [0.2, 0.25) is 5.91 Å². The van der Waals surface area contributed by atoms with E-state index in [1.54, 1.807) is 6.26 Å². The number of amidine groups is 1. The minimum Gasteiger partial charge on any atom is -0.464 e. The zero-order valence-corrected chi connectivity index (χ0v) is 16.6. The third kappa shape index (κ3) is 3.89. The first kappa shape index (κ1) is 19.2. The lowest BCUT2D eigenvalue weighted by Crippen LogP contribution is -2.48. The van der Waals surface area contributed by atoms with E-state index in [4.69, 9.17) is 15.6 Å². The summed E-state index contributed by atoms with van der Waals surface area (Å²) in [5, 5.41) is 8.93. The van der Waals surface area contributed by atoms with Crippen molar-refractivity contribution in [2.45, 2.75) is 12.3 Å². The molecular formula is C23H26N4O2. The van der Waals surface area contributed by atoms with Gasteiger partial charge in [-0.05, 0) is 42.8 Å². The summed E-state index contributed by atoms with van der Waals surface area (Å²) >= 11 is 0. The van der Waals surface area contributed by atoms with Gasteiger partial charge in [-0.1, -0.05) is 30.3 Å². The summed E-state index contributed by atoms with van der Waals surface area (Å²) in [6.07, 6.45) is 2.11. The molecule has 6 nitrogen and oxygen atoms in total. The van der Waals surface area contributed by atoms with Crippen molar-refractivity contribution in [2.24, 2.45) is 5.73 Å². The minimum absolute atomic E-state index is 0.00181. The summed E-state index contributed by atoms with van der Waals surface area (Å²) in [6, 6.07) is 15.4. The molecule has 0 bridgehead atoms. The van der Waals surface area contributed by atoms with E-state index in [1.165, 1.54) is 0 Å². The monoisotopic (exact) mass is 390 g/mol. The third-order valence-corrected chi connectivity index (χ3v) is 5.76. The second-order valence-electron chi connectivity index (χ2n) is 7.63. The number of carbonyl (C=O) groups excluding carboxylic acids is 1. The first-order chi connectivity index (χ1) is 14.0. The molecule has 4 rings (SSSR count). The number of nitrogens with two attached hydrogens (primary N) is 1. The van der Waals surface area contributed by atoms with Gasteiger partial charge in [-0.15, -0.1) is 0 Å².